The molecule has 3 amide bonds. The first-order valence-electron chi connectivity index (χ1n) is 10.5. The summed E-state index contributed by atoms with van der Waals surface area (Å²) in [6.45, 7) is 7.90. The number of ether oxygens (including phenoxy) is 1. The predicted octanol–water partition coefficient (Wildman–Crippen LogP) is 4.06. The summed E-state index contributed by atoms with van der Waals surface area (Å²) < 4.78 is 5.35. The molecule has 8 nitrogen and oxygen atoms in total. The molecule has 1 atom stereocenters. The number of hydrogen-bond donors (Lipinski definition) is 3. The number of rotatable bonds is 4. The van der Waals surface area contributed by atoms with Gasteiger partial charge in [0.05, 0.1) is 0 Å². The van der Waals surface area contributed by atoms with Crippen molar-refractivity contribution in [2.45, 2.75) is 58.8 Å². The van der Waals surface area contributed by atoms with Crippen LogP contribution in [0.2, 0.25) is 0 Å². The van der Waals surface area contributed by atoms with Crippen LogP contribution in [0.5, 0.6) is 0 Å². The van der Waals surface area contributed by atoms with Crippen molar-refractivity contribution >= 4 is 23.8 Å². The van der Waals surface area contributed by atoms with Crippen LogP contribution in [0.4, 0.5) is 15.3 Å². The molecule has 0 fully saturated rings. The minimum atomic E-state index is -1.24. The second-order valence-corrected chi connectivity index (χ2v) is 8.89. The second kappa shape index (κ2) is 9.30. The zero-order valence-corrected chi connectivity index (χ0v) is 18.8. The fourth-order valence-electron chi connectivity index (χ4n) is 3.77. The molecule has 3 rings (SSSR count). The van der Waals surface area contributed by atoms with E-state index in [2.05, 4.69) is 10.6 Å². The quantitative estimate of drug-likeness (QED) is 0.666. The van der Waals surface area contributed by atoms with Crippen LogP contribution < -0.4 is 10.6 Å². The Morgan fingerprint density at radius 2 is 1.84 bits per heavy atom. The summed E-state index contributed by atoms with van der Waals surface area (Å²) in [5, 5.41) is 14.4. The third-order valence-corrected chi connectivity index (χ3v) is 5.23. The zero-order chi connectivity index (χ0) is 23.5. The van der Waals surface area contributed by atoms with Gasteiger partial charge < -0.3 is 20.1 Å². The summed E-state index contributed by atoms with van der Waals surface area (Å²) >= 11 is 0. The highest BCUT2D eigenvalue weighted by molar-refractivity contribution is 5.88. The van der Waals surface area contributed by atoms with Gasteiger partial charge in [-0.25, -0.2) is 9.59 Å². The van der Waals surface area contributed by atoms with Crippen molar-refractivity contribution in [1.29, 1.82) is 0 Å². The Morgan fingerprint density at radius 3 is 2.47 bits per heavy atom. The lowest BCUT2D eigenvalue weighted by Crippen LogP contribution is -2.47. The van der Waals surface area contributed by atoms with Crippen molar-refractivity contribution in [3.05, 3.63) is 64.7 Å². The van der Waals surface area contributed by atoms with Crippen LogP contribution >= 0.6 is 0 Å². The average Bonchev–Trinajstić information content (AvgIpc) is 2.81. The molecule has 1 heterocycles. The lowest BCUT2D eigenvalue weighted by Gasteiger charge is -2.25. The van der Waals surface area contributed by atoms with Crippen molar-refractivity contribution < 1.29 is 24.2 Å². The topological polar surface area (TPSA) is 108 Å². The normalized spacial score (nSPS) is 16.1. The Kier molecular flexibility index (Phi) is 6.72. The Hall–Kier alpha value is -3.55. The maximum Gasteiger partial charge on any atom is 0.412 e. The fourth-order valence-corrected chi connectivity index (χ4v) is 3.77. The summed E-state index contributed by atoms with van der Waals surface area (Å²) in [6.07, 6.45) is -1.57. The molecule has 1 unspecified atom stereocenters. The highest BCUT2D eigenvalue weighted by Crippen LogP contribution is 2.29. The molecule has 1 aliphatic rings. The maximum absolute atomic E-state index is 13.2. The molecular weight excluding hydrogens is 410 g/mol. The number of carboxylic acid groups (broad SMARTS) is 1. The summed E-state index contributed by atoms with van der Waals surface area (Å²) in [6, 6.07) is 12.2. The van der Waals surface area contributed by atoms with Gasteiger partial charge in [0, 0.05) is 25.2 Å². The van der Waals surface area contributed by atoms with Crippen molar-refractivity contribution in [2.24, 2.45) is 0 Å². The van der Waals surface area contributed by atoms with Gasteiger partial charge in [0.25, 0.3) is 0 Å². The lowest BCUT2D eigenvalue weighted by atomic mass is 9.96. The number of anilines is 1. The summed E-state index contributed by atoms with van der Waals surface area (Å²) in [5.74, 6) is -0.284. The molecule has 8 heteroatoms. The number of carbonyl (C=O) groups excluding carboxylic acids is 2. The van der Waals surface area contributed by atoms with Crippen molar-refractivity contribution in [3.8, 4) is 0 Å². The van der Waals surface area contributed by atoms with E-state index in [4.69, 9.17) is 4.74 Å². The molecule has 0 aliphatic carbocycles. The van der Waals surface area contributed by atoms with E-state index in [9.17, 15) is 19.5 Å². The first kappa shape index (κ1) is 23.1. The molecule has 1 aliphatic heterocycles. The van der Waals surface area contributed by atoms with Gasteiger partial charge in [-0.1, -0.05) is 36.4 Å². The Balaban J connectivity index is 1.94. The van der Waals surface area contributed by atoms with E-state index in [0.717, 1.165) is 22.3 Å². The van der Waals surface area contributed by atoms with Crippen LogP contribution in [0, 0.1) is 6.92 Å². The molecule has 0 radical (unpaired) electrons. The summed E-state index contributed by atoms with van der Waals surface area (Å²) in [7, 11) is 0. The second-order valence-electron chi connectivity index (χ2n) is 8.89. The lowest BCUT2D eigenvalue weighted by molar-refractivity contribution is -0.134. The monoisotopic (exact) mass is 439 g/mol. The number of hydrogen-bond acceptors (Lipinski definition) is 4. The number of nitrogens with one attached hydrogen (secondary N) is 2. The van der Waals surface area contributed by atoms with Gasteiger partial charge in [-0.15, -0.1) is 0 Å². The first-order valence-corrected chi connectivity index (χ1v) is 10.5. The van der Waals surface area contributed by atoms with E-state index in [0.29, 0.717) is 18.8 Å². The fraction of sp³-hybridized carbons (Fsp3) is 0.375. The van der Waals surface area contributed by atoms with Crippen molar-refractivity contribution in [2.75, 3.05) is 5.32 Å². The number of nitrogens with zero attached hydrogens (tertiary/aromatic N) is 1. The van der Waals surface area contributed by atoms with Crippen LogP contribution in [-0.4, -0.2) is 39.7 Å². The Morgan fingerprint density at radius 1 is 1.16 bits per heavy atom. The van der Waals surface area contributed by atoms with Gasteiger partial charge >= 0.3 is 12.2 Å². The van der Waals surface area contributed by atoms with E-state index >= 15 is 0 Å². The van der Waals surface area contributed by atoms with Gasteiger partial charge in [0.15, 0.2) is 0 Å². The number of fused-ring (bicyclic) bond motifs is 1. The van der Waals surface area contributed by atoms with E-state index in [1.54, 1.807) is 31.7 Å². The average molecular weight is 440 g/mol. The minimum Gasteiger partial charge on any atom is -0.465 e. The van der Waals surface area contributed by atoms with E-state index in [-0.39, 0.29) is 12.3 Å². The van der Waals surface area contributed by atoms with Crippen LogP contribution in [0.3, 0.4) is 0 Å². The molecule has 2 aromatic carbocycles. The standard InChI is InChI=1S/C24H29N3O5/c1-15-18-14-27(13-16-8-6-5-7-9-16)21(28)20(25-22(29)30)12-17(18)10-11-19(15)26-23(31)32-24(2,3)4/h5-11,20,25H,12-14H2,1-4H3,(H,26,31)(H,29,30). The van der Waals surface area contributed by atoms with E-state index in [1.165, 1.54) is 0 Å². The molecule has 0 bridgehead atoms. The van der Waals surface area contributed by atoms with Gasteiger partial charge in [-0.05, 0) is 56.0 Å². The third kappa shape index (κ3) is 5.78. The Labute approximate surface area is 187 Å². The molecule has 0 spiro atoms. The third-order valence-electron chi connectivity index (χ3n) is 5.23. The molecule has 0 aromatic heterocycles. The van der Waals surface area contributed by atoms with Crippen LogP contribution in [0.15, 0.2) is 42.5 Å². The molecule has 0 saturated carbocycles. The highest BCUT2D eigenvalue weighted by Gasteiger charge is 2.32. The van der Waals surface area contributed by atoms with Crippen LogP contribution in [-0.2, 0) is 29.0 Å². The number of benzene rings is 2. The highest BCUT2D eigenvalue weighted by atomic mass is 16.6. The van der Waals surface area contributed by atoms with Crippen molar-refractivity contribution in [1.82, 2.24) is 10.2 Å². The predicted molar refractivity (Wildman–Crippen MR) is 120 cm³/mol. The number of amides is 3. The van der Waals surface area contributed by atoms with Crippen LogP contribution in [0.1, 0.15) is 43.0 Å². The molecule has 3 N–H and O–H groups in total. The first-order chi connectivity index (χ1) is 15.0. The number of carbonyl (C=O) groups is 3. The summed E-state index contributed by atoms with van der Waals surface area (Å²) in [4.78, 5) is 38.4. The minimum absolute atomic E-state index is 0.235. The molecule has 0 saturated heterocycles. The SMILES string of the molecule is Cc1c(NC(=O)OC(C)(C)C)ccc2c1CN(Cc1ccccc1)C(=O)C(NC(=O)O)C2. The summed E-state index contributed by atoms with van der Waals surface area (Å²) in [5.41, 5.74) is 3.47. The van der Waals surface area contributed by atoms with Crippen LogP contribution in [0.25, 0.3) is 0 Å². The zero-order valence-electron chi connectivity index (χ0n) is 18.8. The largest absolute Gasteiger partial charge is 0.465 e. The molecular formula is C24H29N3O5. The van der Waals surface area contributed by atoms with Gasteiger partial charge in [-0.3, -0.25) is 10.1 Å². The molecule has 2 aromatic rings. The van der Waals surface area contributed by atoms with E-state index in [1.807, 2.05) is 43.3 Å². The van der Waals surface area contributed by atoms with E-state index < -0.39 is 23.8 Å². The van der Waals surface area contributed by atoms with Gasteiger partial charge in [0.2, 0.25) is 5.91 Å². The Bertz CT molecular complexity index is 1010. The van der Waals surface area contributed by atoms with Gasteiger partial charge in [0.1, 0.15) is 11.6 Å². The smallest absolute Gasteiger partial charge is 0.412 e. The molecule has 32 heavy (non-hydrogen) atoms. The maximum atomic E-state index is 13.2. The van der Waals surface area contributed by atoms with Crippen molar-refractivity contribution in [3.63, 3.8) is 0 Å². The molecule has 170 valence electrons. The van der Waals surface area contributed by atoms with Gasteiger partial charge in [-0.2, -0.15) is 0 Å².